The molecule has 1 aromatic heterocycles. The number of hydrogen-bond donors (Lipinski definition) is 0. The molecule has 0 radical (unpaired) electrons. The Morgan fingerprint density at radius 1 is 1.47 bits per heavy atom. The molecule has 0 fully saturated rings. The number of hydrogen-bond acceptors (Lipinski definition) is 3. The SMILES string of the molecule is CC#CCn1nc(C)c(S(=O)(=O)Cl)c1C. The van der Waals surface area contributed by atoms with Crippen LogP contribution in [0, 0.1) is 25.7 Å². The number of aryl methyl sites for hydroxylation is 1. The Labute approximate surface area is 93.7 Å². The van der Waals surface area contributed by atoms with E-state index in [1.165, 1.54) is 4.68 Å². The van der Waals surface area contributed by atoms with Crippen LogP contribution in [0.2, 0.25) is 0 Å². The zero-order chi connectivity index (χ0) is 11.6. The monoisotopic (exact) mass is 246 g/mol. The van der Waals surface area contributed by atoms with E-state index in [9.17, 15) is 8.42 Å². The van der Waals surface area contributed by atoms with E-state index < -0.39 is 9.05 Å². The third kappa shape index (κ3) is 2.52. The molecule has 1 heterocycles. The Morgan fingerprint density at radius 3 is 2.47 bits per heavy atom. The zero-order valence-corrected chi connectivity index (χ0v) is 10.3. The van der Waals surface area contributed by atoms with Gasteiger partial charge >= 0.3 is 0 Å². The second-order valence-electron chi connectivity index (χ2n) is 3.02. The lowest BCUT2D eigenvalue weighted by atomic mass is 10.4. The van der Waals surface area contributed by atoms with Gasteiger partial charge in [0.05, 0.1) is 11.4 Å². The third-order valence-corrected chi connectivity index (χ3v) is 3.51. The molecule has 0 bridgehead atoms. The first-order chi connectivity index (χ1) is 6.88. The van der Waals surface area contributed by atoms with Crippen molar-refractivity contribution in [3.05, 3.63) is 11.4 Å². The van der Waals surface area contributed by atoms with Crippen molar-refractivity contribution in [1.29, 1.82) is 0 Å². The molecule has 0 amide bonds. The van der Waals surface area contributed by atoms with Gasteiger partial charge in [-0.2, -0.15) is 5.10 Å². The van der Waals surface area contributed by atoms with E-state index in [4.69, 9.17) is 10.7 Å². The maximum Gasteiger partial charge on any atom is 0.264 e. The Balaban J connectivity index is 3.31. The molecule has 0 aromatic carbocycles. The van der Waals surface area contributed by atoms with Gasteiger partial charge in [-0.15, -0.1) is 5.92 Å². The maximum absolute atomic E-state index is 11.2. The lowest BCUT2D eigenvalue weighted by molar-refractivity contribution is 0.608. The van der Waals surface area contributed by atoms with Crippen LogP contribution in [0.5, 0.6) is 0 Å². The molecule has 82 valence electrons. The van der Waals surface area contributed by atoms with E-state index >= 15 is 0 Å². The number of aromatic nitrogens is 2. The first-order valence-electron chi connectivity index (χ1n) is 4.26. The highest BCUT2D eigenvalue weighted by Crippen LogP contribution is 2.22. The molecule has 0 spiro atoms. The molecule has 0 aliphatic carbocycles. The van der Waals surface area contributed by atoms with Gasteiger partial charge in [0.1, 0.15) is 11.4 Å². The van der Waals surface area contributed by atoms with Crippen LogP contribution in [-0.2, 0) is 15.6 Å². The van der Waals surface area contributed by atoms with Gasteiger partial charge < -0.3 is 0 Å². The summed E-state index contributed by atoms with van der Waals surface area (Å²) in [5, 5.41) is 4.06. The van der Waals surface area contributed by atoms with E-state index in [1.807, 2.05) is 0 Å². The van der Waals surface area contributed by atoms with Crippen LogP contribution in [0.3, 0.4) is 0 Å². The summed E-state index contributed by atoms with van der Waals surface area (Å²) >= 11 is 0. The number of halogens is 1. The molecule has 1 rings (SSSR count). The summed E-state index contributed by atoms with van der Waals surface area (Å²) < 4.78 is 24.0. The first-order valence-corrected chi connectivity index (χ1v) is 6.57. The minimum atomic E-state index is -3.73. The smallest absolute Gasteiger partial charge is 0.256 e. The Morgan fingerprint density at radius 2 is 2.07 bits per heavy atom. The van der Waals surface area contributed by atoms with Gasteiger partial charge in [0, 0.05) is 10.7 Å². The average molecular weight is 247 g/mol. The van der Waals surface area contributed by atoms with Gasteiger partial charge in [0.15, 0.2) is 0 Å². The molecule has 0 saturated carbocycles. The number of nitrogens with zero attached hydrogens (tertiary/aromatic N) is 2. The molecule has 0 aliphatic rings. The molecule has 15 heavy (non-hydrogen) atoms. The van der Waals surface area contributed by atoms with Crippen molar-refractivity contribution in [2.24, 2.45) is 0 Å². The summed E-state index contributed by atoms with van der Waals surface area (Å²) in [5.41, 5.74) is 0.922. The highest BCUT2D eigenvalue weighted by molar-refractivity contribution is 8.13. The van der Waals surface area contributed by atoms with Crippen LogP contribution in [0.25, 0.3) is 0 Å². The fraction of sp³-hybridized carbons (Fsp3) is 0.444. The van der Waals surface area contributed by atoms with Gasteiger partial charge in [0.25, 0.3) is 9.05 Å². The van der Waals surface area contributed by atoms with Gasteiger partial charge in [-0.05, 0) is 20.8 Å². The molecule has 4 nitrogen and oxygen atoms in total. The molecular formula is C9H11ClN2O2S. The summed E-state index contributed by atoms with van der Waals surface area (Å²) in [5.74, 6) is 5.53. The minimum Gasteiger partial charge on any atom is -0.256 e. The Hall–Kier alpha value is -0.990. The number of rotatable bonds is 2. The lowest BCUT2D eigenvalue weighted by Crippen LogP contribution is -2.01. The zero-order valence-electron chi connectivity index (χ0n) is 8.70. The topological polar surface area (TPSA) is 52.0 Å². The van der Waals surface area contributed by atoms with Crippen molar-refractivity contribution >= 4 is 19.7 Å². The maximum atomic E-state index is 11.2. The van der Waals surface area contributed by atoms with Crippen LogP contribution in [0.1, 0.15) is 18.3 Å². The molecule has 0 N–H and O–H groups in total. The van der Waals surface area contributed by atoms with Crippen molar-refractivity contribution in [3.63, 3.8) is 0 Å². The normalized spacial score (nSPS) is 10.9. The molecule has 0 saturated heterocycles. The van der Waals surface area contributed by atoms with E-state index in [0.717, 1.165) is 0 Å². The van der Waals surface area contributed by atoms with Gasteiger partial charge in [-0.25, -0.2) is 8.42 Å². The second-order valence-corrected chi connectivity index (χ2v) is 5.53. The fourth-order valence-electron chi connectivity index (χ4n) is 1.34. The van der Waals surface area contributed by atoms with Crippen LogP contribution in [-0.4, -0.2) is 18.2 Å². The van der Waals surface area contributed by atoms with Crippen LogP contribution >= 0.6 is 10.7 Å². The van der Waals surface area contributed by atoms with Crippen molar-refractivity contribution in [1.82, 2.24) is 9.78 Å². The average Bonchev–Trinajstić information content (AvgIpc) is 2.36. The quantitative estimate of drug-likeness (QED) is 0.586. The third-order valence-electron chi connectivity index (χ3n) is 1.96. The van der Waals surface area contributed by atoms with Crippen LogP contribution < -0.4 is 0 Å². The molecule has 0 atom stereocenters. The Kier molecular flexibility index (Phi) is 3.42. The minimum absolute atomic E-state index is 0.0852. The van der Waals surface area contributed by atoms with E-state index in [1.54, 1.807) is 20.8 Å². The molecule has 6 heteroatoms. The highest BCUT2D eigenvalue weighted by Gasteiger charge is 2.21. The van der Waals surface area contributed by atoms with Crippen LogP contribution in [0.15, 0.2) is 4.90 Å². The second kappa shape index (κ2) is 4.25. The van der Waals surface area contributed by atoms with Gasteiger partial charge in [-0.3, -0.25) is 4.68 Å². The predicted molar refractivity (Wildman–Crippen MR) is 58.2 cm³/mol. The van der Waals surface area contributed by atoms with Gasteiger partial charge in [-0.1, -0.05) is 5.92 Å². The predicted octanol–water partition coefficient (Wildman–Crippen LogP) is 1.45. The largest absolute Gasteiger partial charge is 0.264 e. The molecule has 1 aromatic rings. The van der Waals surface area contributed by atoms with Crippen LogP contribution in [0.4, 0.5) is 0 Å². The van der Waals surface area contributed by atoms with E-state index in [-0.39, 0.29) is 4.90 Å². The highest BCUT2D eigenvalue weighted by atomic mass is 35.7. The fourth-order valence-corrected chi connectivity index (χ4v) is 2.86. The summed E-state index contributed by atoms with van der Waals surface area (Å²) in [4.78, 5) is 0.0852. The standard InChI is InChI=1S/C9H11ClN2O2S/c1-4-5-6-12-8(3)9(7(2)11-12)15(10,13)14/h6H2,1-3H3. The van der Waals surface area contributed by atoms with E-state index in [2.05, 4.69) is 16.9 Å². The summed E-state index contributed by atoms with van der Waals surface area (Å²) in [7, 11) is 1.57. The molecule has 0 unspecified atom stereocenters. The summed E-state index contributed by atoms with van der Waals surface area (Å²) in [6.07, 6.45) is 0. The molecule has 0 aliphatic heterocycles. The lowest BCUT2D eigenvalue weighted by Gasteiger charge is -1.98. The van der Waals surface area contributed by atoms with Gasteiger partial charge in [0.2, 0.25) is 0 Å². The first kappa shape index (κ1) is 12.1. The summed E-state index contributed by atoms with van der Waals surface area (Å²) in [6.45, 7) is 5.35. The van der Waals surface area contributed by atoms with Crippen molar-refractivity contribution < 1.29 is 8.42 Å². The van der Waals surface area contributed by atoms with Crippen molar-refractivity contribution in [3.8, 4) is 11.8 Å². The van der Waals surface area contributed by atoms with E-state index in [0.29, 0.717) is 17.9 Å². The van der Waals surface area contributed by atoms with Crippen molar-refractivity contribution in [2.45, 2.75) is 32.2 Å². The molecular weight excluding hydrogens is 236 g/mol. The summed E-state index contributed by atoms with van der Waals surface area (Å²) in [6, 6.07) is 0. The Bertz CT molecular complexity index is 534. The van der Waals surface area contributed by atoms with Crippen molar-refractivity contribution in [2.75, 3.05) is 0 Å².